The Hall–Kier alpha value is -2.14. The van der Waals surface area contributed by atoms with Gasteiger partial charge >= 0.3 is 6.01 Å². The van der Waals surface area contributed by atoms with E-state index >= 15 is 0 Å². The highest BCUT2D eigenvalue weighted by molar-refractivity contribution is 6.30. The first-order valence-corrected chi connectivity index (χ1v) is 7.59. The Morgan fingerprint density at radius 1 is 1.18 bits per heavy atom. The summed E-state index contributed by atoms with van der Waals surface area (Å²) in [5.41, 5.74) is 0.623. The molecule has 0 spiro atoms. The molecule has 0 N–H and O–H groups in total. The minimum absolute atomic E-state index is 0.0110. The molecule has 6 heteroatoms. The van der Waals surface area contributed by atoms with Crippen molar-refractivity contribution < 1.29 is 9.53 Å². The van der Waals surface area contributed by atoms with E-state index in [0.717, 1.165) is 12.8 Å². The Labute approximate surface area is 133 Å². The Balaban J connectivity index is 1.56. The van der Waals surface area contributed by atoms with Gasteiger partial charge in [-0.15, -0.1) is 0 Å². The van der Waals surface area contributed by atoms with Crippen molar-refractivity contribution in [3.8, 4) is 6.01 Å². The van der Waals surface area contributed by atoms with E-state index in [0.29, 0.717) is 29.7 Å². The molecule has 0 aliphatic carbocycles. The number of hydrogen-bond acceptors (Lipinski definition) is 4. The number of ether oxygens (including phenoxy) is 1. The lowest BCUT2D eigenvalue weighted by molar-refractivity contribution is 0.0578. The maximum Gasteiger partial charge on any atom is 0.316 e. The average Bonchev–Trinajstić information content (AvgIpc) is 2.56. The van der Waals surface area contributed by atoms with Gasteiger partial charge in [-0.1, -0.05) is 17.7 Å². The van der Waals surface area contributed by atoms with Crippen molar-refractivity contribution in [1.82, 2.24) is 14.9 Å². The highest BCUT2D eigenvalue weighted by Crippen LogP contribution is 2.19. The van der Waals surface area contributed by atoms with Gasteiger partial charge in [0.1, 0.15) is 6.10 Å². The molecular formula is C16H16ClN3O2. The number of aromatic nitrogens is 2. The van der Waals surface area contributed by atoms with E-state index in [1.165, 1.54) is 0 Å². The summed E-state index contributed by atoms with van der Waals surface area (Å²) in [5.74, 6) is 0.0110. The van der Waals surface area contributed by atoms with E-state index in [-0.39, 0.29) is 12.0 Å². The van der Waals surface area contributed by atoms with E-state index in [4.69, 9.17) is 16.3 Å². The largest absolute Gasteiger partial charge is 0.460 e. The number of carbonyl (C=O) groups is 1. The third kappa shape index (κ3) is 3.54. The normalized spacial score (nSPS) is 15.6. The molecule has 1 aliphatic rings. The van der Waals surface area contributed by atoms with Gasteiger partial charge in [0, 0.05) is 48.9 Å². The molecule has 0 saturated carbocycles. The predicted octanol–water partition coefficient (Wildman–Crippen LogP) is 2.81. The van der Waals surface area contributed by atoms with Crippen LogP contribution >= 0.6 is 11.6 Å². The summed E-state index contributed by atoms with van der Waals surface area (Å²) in [6.45, 7) is 1.31. The van der Waals surface area contributed by atoms with Crippen molar-refractivity contribution in [3.63, 3.8) is 0 Å². The van der Waals surface area contributed by atoms with E-state index in [9.17, 15) is 4.79 Å². The van der Waals surface area contributed by atoms with Gasteiger partial charge in [0.2, 0.25) is 0 Å². The molecule has 1 aliphatic heterocycles. The lowest BCUT2D eigenvalue weighted by Gasteiger charge is -2.31. The summed E-state index contributed by atoms with van der Waals surface area (Å²) in [4.78, 5) is 22.4. The molecule has 0 atom stereocenters. The Morgan fingerprint density at radius 2 is 1.91 bits per heavy atom. The number of rotatable bonds is 3. The van der Waals surface area contributed by atoms with Crippen LogP contribution in [0.3, 0.4) is 0 Å². The SMILES string of the molecule is O=C(c1cccc(Cl)c1)N1CCC(Oc2ncccn2)CC1. The van der Waals surface area contributed by atoms with Crippen molar-refractivity contribution in [1.29, 1.82) is 0 Å². The van der Waals surface area contributed by atoms with E-state index in [1.54, 1.807) is 42.7 Å². The fraction of sp³-hybridized carbons (Fsp3) is 0.312. The summed E-state index contributed by atoms with van der Waals surface area (Å²) < 4.78 is 5.73. The first-order chi connectivity index (χ1) is 10.7. The second-order valence-electron chi connectivity index (χ2n) is 5.15. The van der Waals surface area contributed by atoms with Gasteiger partial charge in [-0.2, -0.15) is 0 Å². The number of halogens is 1. The van der Waals surface area contributed by atoms with Gasteiger partial charge in [-0.05, 0) is 24.3 Å². The lowest BCUT2D eigenvalue weighted by Crippen LogP contribution is -2.41. The molecule has 1 amide bonds. The Morgan fingerprint density at radius 3 is 2.59 bits per heavy atom. The Kier molecular flexibility index (Phi) is 4.53. The van der Waals surface area contributed by atoms with Gasteiger partial charge in [0.15, 0.2) is 0 Å². The topological polar surface area (TPSA) is 55.3 Å². The molecule has 5 nitrogen and oxygen atoms in total. The van der Waals surface area contributed by atoms with Gasteiger partial charge < -0.3 is 9.64 Å². The number of nitrogens with zero attached hydrogens (tertiary/aromatic N) is 3. The van der Waals surface area contributed by atoms with E-state index in [1.807, 2.05) is 4.90 Å². The second-order valence-corrected chi connectivity index (χ2v) is 5.59. The third-order valence-corrected chi connectivity index (χ3v) is 3.85. The smallest absolute Gasteiger partial charge is 0.316 e. The first-order valence-electron chi connectivity index (χ1n) is 7.21. The Bertz CT molecular complexity index is 643. The molecule has 2 aromatic rings. The number of benzene rings is 1. The number of likely N-dealkylation sites (tertiary alicyclic amines) is 1. The van der Waals surface area contributed by atoms with Crippen LogP contribution in [0.5, 0.6) is 6.01 Å². The maximum absolute atomic E-state index is 12.4. The van der Waals surface area contributed by atoms with Gasteiger partial charge in [0.25, 0.3) is 5.91 Å². The molecular weight excluding hydrogens is 302 g/mol. The third-order valence-electron chi connectivity index (χ3n) is 3.61. The van der Waals surface area contributed by atoms with Gasteiger partial charge in [-0.25, -0.2) is 9.97 Å². The summed E-state index contributed by atoms with van der Waals surface area (Å²) in [6.07, 6.45) is 4.89. The highest BCUT2D eigenvalue weighted by Gasteiger charge is 2.25. The minimum atomic E-state index is 0.0110. The fourth-order valence-corrected chi connectivity index (χ4v) is 2.67. The monoisotopic (exact) mass is 317 g/mol. The van der Waals surface area contributed by atoms with Gasteiger partial charge in [-0.3, -0.25) is 4.79 Å². The molecule has 3 rings (SSSR count). The van der Waals surface area contributed by atoms with Crippen LogP contribution in [0, 0.1) is 0 Å². The zero-order valence-electron chi connectivity index (χ0n) is 12.0. The van der Waals surface area contributed by atoms with Crippen molar-refractivity contribution in [2.24, 2.45) is 0 Å². The molecule has 1 saturated heterocycles. The molecule has 0 bridgehead atoms. The van der Waals surface area contributed by atoms with Crippen LogP contribution in [0.2, 0.25) is 5.02 Å². The highest BCUT2D eigenvalue weighted by atomic mass is 35.5. The van der Waals surface area contributed by atoms with Crippen LogP contribution in [0.4, 0.5) is 0 Å². The number of amides is 1. The average molecular weight is 318 g/mol. The molecule has 0 unspecified atom stereocenters. The van der Waals surface area contributed by atoms with Crippen molar-refractivity contribution in [2.75, 3.05) is 13.1 Å². The zero-order chi connectivity index (χ0) is 15.4. The molecule has 22 heavy (non-hydrogen) atoms. The van der Waals surface area contributed by atoms with Crippen LogP contribution in [0.15, 0.2) is 42.7 Å². The predicted molar refractivity (Wildman–Crippen MR) is 83.0 cm³/mol. The molecule has 2 heterocycles. The minimum Gasteiger partial charge on any atom is -0.460 e. The summed E-state index contributed by atoms with van der Waals surface area (Å²) in [6, 6.07) is 9.18. The maximum atomic E-state index is 12.4. The molecule has 1 aromatic heterocycles. The summed E-state index contributed by atoms with van der Waals surface area (Å²) in [5, 5.41) is 0.574. The van der Waals surface area contributed by atoms with Crippen LogP contribution in [0.25, 0.3) is 0 Å². The number of carbonyl (C=O) groups excluding carboxylic acids is 1. The number of hydrogen-bond donors (Lipinski definition) is 0. The van der Waals surface area contributed by atoms with Gasteiger partial charge in [0.05, 0.1) is 0 Å². The molecule has 1 fully saturated rings. The summed E-state index contributed by atoms with van der Waals surface area (Å²) in [7, 11) is 0. The lowest BCUT2D eigenvalue weighted by atomic mass is 10.1. The molecule has 114 valence electrons. The van der Waals surface area contributed by atoms with Crippen molar-refractivity contribution in [2.45, 2.75) is 18.9 Å². The summed E-state index contributed by atoms with van der Waals surface area (Å²) >= 11 is 5.94. The molecule has 1 aromatic carbocycles. The van der Waals surface area contributed by atoms with Crippen LogP contribution < -0.4 is 4.74 Å². The van der Waals surface area contributed by atoms with Crippen LogP contribution in [-0.2, 0) is 0 Å². The van der Waals surface area contributed by atoms with E-state index < -0.39 is 0 Å². The fourth-order valence-electron chi connectivity index (χ4n) is 2.48. The number of piperidine rings is 1. The quantitative estimate of drug-likeness (QED) is 0.873. The van der Waals surface area contributed by atoms with Crippen LogP contribution in [-0.4, -0.2) is 40.0 Å². The second kappa shape index (κ2) is 6.75. The zero-order valence-corrected chi connectivity index (χ0v) is 12.7. The van der Waals surface area contributed by atoms with Crippen molar-refractivity contribution in [3.05, 3.63) is 53.3 Å². The first kappa shape index (κ1) is 14.8. The molecule has 0 radical (unpaired) electrons. The van der Waals surface area contributed by atoms with Crippen molar-refractivity contribution >= 4 is 17.5 Å². The van der Waals surface area contributed by atoms with E-state index in [2.05, 4.69) is 9.97 Å². The van der Waals surface area contributed by atoms with Crippen LogP contribution in [0.1, 0.15) is 23.2 Å². The standard InChI is InChI=1S/C16H16ClN3O2/c17-13-4-1-3-12(11-13)15(21)20-9-5-14(6-10-20)22-16-18-7-2-8-19-16/h1-4,7-8,11,14H,5-6,9-10H2.